The van der Waals surface area contributed by atoms with Crippen LogP contribution in [-0.4, -0.2) is 33.9 Å². The highest BCUT2D eigenvalue weighted by Crippen LogP contribution is 2.14. The van der Waals surface area contributed by atoms with Gasteiger partial charge in [0.1, 0.15) is 0 Å². The fourth-order valence-corrected chi connectivity index (χ4v) is 2.27. The Bertz CT molecular complexity index is 437. The Labute approximate surface area is 138 Å². The number of hydrogen-bond donors (Lipinski definition) is 3. The molecule has 0 aliphatic heterocycles. The van der Waals surface area contributed by atoms with Gasteiger partial charge in [-0.1, -0.05) is 51.7 Å². The van der Waals surface area contributed by atoms with Gasteiger partial charge in [-0.05, 0) is 30.9 Å². The van der Waals surface area contributed by atoms with Crippen LogP contribution in [0.5, 0.6) is 0 Å². The Balaban J connectivity index is 0.000000423. The molecule has 0 aliphatic carbocycles. The van der Waals surface area contributed by atoms with Crippen LogP contribution in [0.1, 0.15) is 73.1 Å². The normalized spacial score (nSPS) is 11.3. The van der Waals surface area contributed by atoms with Crippen molar-refractivity contribution in [3.8, 4) is 0 Å². The van der Waals surface area contributed by atoms with E-state index < -0.39 is 11.9 Å². The second-order valence-corrected chi connectivity index (χ2v) is 5.49. The van der Waals surface area contributed by atoms with Gasteiger partial charge in [-0.3, -0.25) is 0 Å². The van der Waals surface area contributed by atoms with Gasteiger partial charge in [0.15, 0.2) is 0 Å². The van der Waals surface area contributed by atoms with Crippen molar-refractivity contribution in [2.24, 2.45) is 5.92 Å². The van der Waals surface area contributed by atoms with Crippen molar-refractivity contribution >= 4 is 11.9 Å². The summed E-state index contributed by atoms with van der Waals surface area (Å²) in [6.45, 7) is 4.79. The molecule has 1 aromatic carbocycles. The summed E-state index contributed by atoms with van der Waals surface area (Å²) in [7, 11) is 0. The fraction of sp³-hybridized carbons (Fsp3) is 0.556. The number of carboxylic acid groups (broad SMARTS) is 2. The van der Waals surface area contributed by atoms with Gasteiger partial charge >= 0.3 is 11.9 Å². The van der Waals surface area contributed by atoms with E-state index >= 15 is 0 Å². The average Bonchev–Trinajstić information content (AvgIpc) is 2.54. The Morgan fingerprint density at radius 2 is 1.43 bits per heavy atom. The minimum absolute atomic E-state index is 0.190. The van der Waals surface area contributed by atoms with Crippen LogP contribution >= 0.6 is 0 Å². The predicted molar refractivity (Wildman–Crippen MR) is 90.0 cm³/mol. The SMILES string of the molecule is CCCCCC(CO)CCC.O=C(O)c1ccccc1C(=O)O. The lowest BCUT2D eigenvalue weighted by Crippen LogP contribution is -2.06. The lowest BCUT2D eigenvalue weighted by molar-refractivity contribution is 0.0651. The summed E-state index contributed by atoms with van der Waals surface area (Å²) in [5.41, 5.74) is -0.380. The Morgan fingerprint density at radius 1 is 0.913 bits per heavy atom. The van der Waals surface area contributed by atoms with Crippen LogP contribution in [-0.2, 0) is 0 Å². The van der Waals surface area contributed by atoms with Crippen LogP contribution in [0.3, 0.4) is 0 Å². The summed E-state index contributed by atoms with van der Waals surface area (Å²) in [6, 6.07) is 5.48. The number of aliphatic hydroxyl groups excluding tert-OH is 1. The molecule has 1 atom stereocenters. The maximum absolute atomic E-state index is 10.5. The topological polar surface area (TPSA) is 94.8 Å². The van der Waals surface area contributed by atoms with Crippen molar-refractivity contribution < 1.29 is 24.9 Å². The first-order valence-electron chi connectivity index (χ1n) is 8.14. The average molecular weight is 324 g/mol. The van der Waals surface area contributed by atoms with E-state index in [1.54, 1.807) is 0 Å². The molecule has 0 saturated heterocycles. The van der Waals surface area contributed by atoms with E-state index in [0.717, 1.165) is 0 Å². The van der Waals surface area contributed by atoms with Crippen LogP contribution in [0.4, 0.5) is 0 Å². The zero-order valence-corrected chi connectivity index (χ0v) is 14.0. The van der Waals surface area contributed by atoms with E-state index in [0.29, 0.717) is 12.5 Å². The van der Waals surface area contributed by atoms with Crippen LogP contribution in [0.2, 0.25) is 0 Å². The van der Waals surface area contributed by atoms with Gasteiger partial charge in [0, 0.05) is 6.61 Å². The zero-order chi connectivity index (χ0) is 17.7. The van der Waals surface area contributed by atoms with Crippen molar-refractivity contribution in [3.05, 3.63) is 35.4 Å². The first kappa shape index (κ1) is 21.1. The predicted octanol–water partition coefficient (Wildman–Crippen LogP) is 4.06. The number of hydrogen-bond acceptors (Lipinski definition) is 3. The third kappa shape index (κ3) is 8.98. The van der Waals surface area contributed by atoms with E-state index in [1.165, 1.54) is 62.8 Å². The van der Waals surface area contributed by atoms with E-state index in [-0.39, 0.29) is 11.1 Å². The fourth-order valence-electron chi connectivity index (χ4n) is 2.27. The molecule has 0 aromatic heterocycles. The highest BCUT2D eigenvalue weighted by molar-refractivity contribution is 6.01. The molecule has 0 aliphatic rings. The third-order valence-electron chi connectivity index (χ3n) is 3.56. The molecule has 1 rings (SSSR count). The number of unbranched alkanes of at least 4 members (excludes halogenated alkanes) is 2. The van der Waals surface area contributed by atoms with Gasteiger partial charge in [-0.25, -0.2) is 9.59 Å². The Hall–Kier alpha value is -1.88. The standard InChI is InChI=1S/C10H22O.C8H6O4/c1-3-5-6-8-10(9-11)7-4-2;9-7(10)5-3-1-2-4-6(5)8(11)12/h10-11H,3-9H2,1-2H3;1-4H,(H,9,10)(H,11,12). The van der Waals surface area contributed by atoms with Gasteiger partial charge in [0.2, 0.25) is 0 Å². The number of rotatable bonds is 9. The number of carbonyl (C=O) groups is 2. The van der Waals surface area contributed by atoms with E-state index in [1.807, 2.05) is 0 Å². The van der Waals surface area contributed by atoms with Crippen molar-refractivity contribution in [1.29, 1.82) is 0 Å². The molecule has 0 bridgehead atoms. The van der Waals surface area contributed by atoms with Crippen LogP contribution in [0, 0.1) is 5.92 Å². The summed E-state index contributed by atoms with van der Waals surface area (Å²) < 4.78 is 0. The molecule has 1 aromatic rings. The lowest BCUT2D eigenvalue weighted by Gasteiger charge is -2.11. The number of aromatic carboxylic acids is 2. The summed E-state index contributed by atoms with van der Waals surface area (Å²) in [5, 5.41) is 26.1. The molecule has 130 valence electrons. The molecule has 23 heavy (non-hydrogen) atoms. The maximum Gasteiger partial charge on any atom is 0.336 e. The molecule has 0 saturated carbocycles. The third-order valence-corrected chi connectivity index (χ3v) is 3.56. The van der Waals surface area contributed by atoms with Gasteiger partial charge in [-0.15, -0.1) is 0 Å². The minimum atomic E-state index is -1.23. The molecular weight excluding hydrogens is 296 g/mol. The second-order valence-electron chi connectivity index (χ2n) is 5.49. The van der Waals surface area contributed by atoms with Crippen molar-refractivity contribution in [2.45, 2.75) is 52.4 Å². The zero-order valence-electron chi connectivity index (χ0n) is 14.0. The van der Waals surface area contributed by atoms with Crippen LogP contribution in [0.15, 0.2) is 24.3 Å². The van der Waals surface area contributed by atoms with E-state index in [2.05, 4.69) is 13.8 Å². The molecule has 0 amide bonds. The molecular formula is C18H28O5. The quantitative estimate of drug-likeness (QED) is 0.595. The van der Waals surface area contributed by atoms with Crippen molar-refractivity contribution in [1.82, 2.24) is 0 Å². The number of benzene rings is 1. The van der Waals surface area contributed by atoms with Gasteiger partial charge in [-0.2, -0.15) is 0 Å². The van der Waals surface area contributed by atoms with Crippen LogP contribution < -0.4 is 0 Å². The largest absolute Gasteiger partial charge is 0.478 e. The molecule has 5 heteroatoms. The molecule has 5 nitrogen and oxygen atoms in total. The first-order chi connectivity index (χ1) is 11.0. The molecule has 3 N–H and O–H groups in total. The minimum Gasteiger partial charge on any atom is -0.478 e. The summed E-state index contributed by atoms with van der Waals surface area (Å²) in [6.07, 6.45) is 7.52. The molecule has 0 spiro atoms. The molecule has 0 fully saturated rings. The van der Waals surface area contributed by atoms with Gasteiger partial charge in [0.05, 0.1) is 11.1 Å². The van der Waals surface area contributed by atoms with Gasteiger partial charge < -0.3 is 15.3 Å². The molecule has 1 unspecified atom stereocenters. The van der Waals surface area contributed by atoms with Crippen LogP contribution in [0.25, 0.3) is 0 Å². The smallest absolute Gasteiger partial charge is 0.336 e. The maximum atomic E-state index is 10.5. The molecule has 0 radical (unpaired) electrons. The lowest BCUT2D eigenvalue weighted by atomic mass is 9.98. The summed E-state index contributed by atoms with van der Waals surface area (Å²) >= 11 is 0. The van der Waals surface area contributed by atoms with Crippen molar-refractivity contribution in [3.63, 3.8) is 0 Å². The summed E-state index contributed by atoms with van der Waals surface area (Å²) in [5.74, 6) is -1.88. The second kappa shape index (κ2) is 12.6. The number of aliphatic hydroxyl groups is 1. The molecule has 0 heterocycles. The van der Waals surface area contributed by atoms with Crippen molar-refractivity contribution in [2.75, 3.05) is 6.61 Å². The monoisotopic (exact) mass is 324 g/mol. The Kier molecular flexibility index (Phi) is 11.6. The first-order valence-corrected chi connectivity index (χ1v) is 8.14. The van der Waals surface area contributed by atoms with E-state index in [4.69, 9.17) is 15.3 Å². The summed E-state index contributed by atoms with van der Waals surface area (Å²) in [4.78, 5) is 20.9. The number of carboxylic acids is 2. The Morgan fingerprint density at radius 3 is 1.78 bits per heavy atom. The van der Waals surface area contributed by atoms with Gasteiger partial charge in [0.25, 0.3) is 0 Å². The highest BCUT2D eigenvalue weighted by atomic mass is 16.4. The van der Waals surface area contributed by atoms with E-state index in [9.17, 15) is 9.59 Å². The highest BCUT2D eigenvalue weighted by Gasteiger charge is 2.13.